The van der Waals surface area contributed by atoms with Crippen LogP contribution in [0.5, 0.6) is 0 Å². The summed E-state index contributed by atoms with van der Waals surface area (Å²) in [5.74, 6) is 0. The quantitative estimate of drug-likeness (QED) is 0.890. The first kappa shape index (κ1) is 14.4. The molecule has 1 aromatic heterocycles. The normalized spacial score (nSPS) is 22.8. The van der Waals surface area contributed by atoms with Gasteiger partial charge in [-0.15, -0.1) is 0 Å². The molecule has 1 aromatic carbocycles. The molecule has 3 rings (SSSR count). The van der Waals surface area contributed by atoms with E-state index < -0.39 is 0 Å². The van der Waals surface area contributed by atoms with Crippen LogP contribution in [0.25, 0.3) is 11.0 Å². The second-order valence-electron chi connectivity index (χ2n) is 5.89. The van der Waals surface area contributed by atoms with Crippen molar-refractivity contribution in [3.05, 3.63) is 34.7 Å². The summed E-state index contributed by atoms with van der Waals surface area (Å²) < 4.78 is 3.54. The standard InChI is InChI=1S/C16H23N3O2/c1-18-13-7-2-3-8-14(13)19(16(18)21)11-5-6-12-15(20)9-4-10-17-12/h2-3,7-8,12,15,17,20H,4-6,9-11H2,1H3/t12-,15+/m1/s1. The van der Waals surface area contributed by atoms with Gasteiger partial charge in [-0.2, -0.15) is 0 Å². The average Bonchev–Trinajstić information content (AvgIpc) is 2.74. The summed E-state index contributed by atoms with van der Waals surface area (Å²) in [6, 6.07) is 8.05. The van der Waals surface area contributed by atoms with Crippen LogP contribution in [-0.4, -0.2) is 32.9 Å². The Morgan fingerprint density at radius 1 is 1.33 bits per heavy atom. The van der Waals surface area contributed by atoms with Crippen molar-refractivity contribution in [2.24, 2.45) is 7.05 Å². The van der Waals surface area contributed by atoms with E-state index in [1.807, 2.05) is 35.9 Å². The van der Waals surface area contributed by atoms with Gasteiger partial charge < -0.3 is 10.4 Å². The number of rotatable bonds is 4. The van der Waals surface area contributed by atoms with Crippen LogP contribution in [0.2, 0.25) is 0 Å². The highest BCUT2D eigenvalue weighted by molar-refractivity contribution is 5.75. The van der Waals surface area contributed by atoms with Crippen LogP contribution in [0.3, 0.4) is 0 Å². The highest BCUT2D eigenvalue weighted by Crippen LogP contribution is 2.15. The molecule has 21 heavy (non-hydrogen) atoms. The minimum absolute atomic E-state index is 0.0355. The molecule has 114 valence electrons. The number of nitrogens with one attached hydrogen (secondary N) is 1. The molecule has 1 aliphatic rings. The largest absolute Gasteiger partial charge is 0.392 e. The van der Waals surface area contributed by atoms with Gasteiger partial charge in [-0.25, -0.2) is 4.79 Å². The van der Waals surface area contributed by atoms with Crippen LogP contribution in [0.1, 0.15) is 25.7 Å². The van der Waals surface area contributed by atoms with E-state index >= 15 is 0 Å². The van der Waals surface area contributed by atoms with Gasteiger partial charge >= 0.3 is 5.69 Å². The number of aliphatic hydroxyl groups excluding tert-OH is 1. The Balaban J connectivity index is 1.71. The van der Waals surface area contributed by atoms with Crippen molar-refractivity contribution in [1.82, 2.24) is 14.5 Å². The summed E-state index contributed by atoms with van der Waals surface area (Å²) in [5.41, 5.74) is 1.99. The predicted octanol–water partition coefficient (Wildman–Crippen LogP) is 1.23. The van der Waals surface area contributed by atoms with Crippen LogP contribution in [0.4, 0.5) is 0 Å². The Kier molecular flexibility index (Phi) is 4.12. The molecule has 0 saturated carbocycles. The number of hydrogen-bond donors (Lipinski definition) is 2. The number of benzene rings is 1. The second-order valence-corrected chi connectivity index (χ2v) is 5.89. The summed E-state index contributed by atoms with van der Waals surface area (Å²) in [4.78, 5) is 12.3. The van der Waals surface area contributed by atoms with Crippen molar-refractivity contribution in [1.29, 1.82) is 0 Å². The van der Waals surface area contributed by atoms with Gasteiger partial charge in [0.2, 0.25) is 0 Å². The lowest BCUT2D eigenvalue weighted by atomic mass is 9.97. The van der Waals surface area contributed by atoms with Crippen molar-refractivity contribution in [3.8, 4) is 0 Å². The van der Waals surface area contributed by atoms with Crippen molar-refractivity contribution in [3.63, 3.8) is 0 Å². The number of aromatic nitrogens is 2. The van der Waals surface area contributed by atoms with Gasteiger partial charge in [-0.1, -0.05) is 12.1 Å². The molecule has 1 saturated heterocycles. The zero-order valence-corrected chi connectivity index (χ0v) is 12.5. The summed E-state index contributed by atoms with van der Waals surface area (Å²) >= 11 is 0. The van der Waals surface area contributed by atoms with Crippen LogP contribution in [0, 0.1) is 0 Å². The third-order valence-corrected chi connectivity index (χ3v) is 4.50. The summed E-state index contributed by atoms with van der Waals surface area (Å²) in [6.07, 6.45) is 3.47. The van der Waals surface area contributed by atoms with Gasteiger partial charge in [-0.3, -0.25) is 9.13 Å². The molecule has 2 atom stereocenters. The van der Waals surface area contributed by atoms with Gasteiger partial charge in [0.05, 0.1) is 17.1 Å². The smallest absolute Gasteiger partial charge is 0.328 e. The monoisotopic (exact) mass is 289 g/mol. The Bertz CT molecular complexity index is 674. The first-order valence-corrected chi connectivity index (χ1v) is 7.74. The van der Waals surface area contributed by atoms with Crippen LogP contribution in [0.15, 0.2) is 29.1 Å². The Morgan fingerprint density at radius 2 is 2.10 bits per heavy atom. The lowest BCUT2D eigenvalue weighted by Crippen LogP contribution is -2.44. The third-order valence-electron chi connectivity index (χ3n) is 4.50. The summed E-state index contributed by atoms with van der Waals surface area (Å²) in [5, 5.41) is 13.3. The van der Waals surface area contributed by atoms with Gasteiger partial charge in [0.25, 0.3) is 0 Å². The predicted molar refractivity (Wildman–Crippen MR) is 83.4 cm³/mol. The van der Waals surface area contributed by atoms with E-state index in [-0.39, 0.29) is 17.8 Å². The Labute approximate surface area is 124 Å². The fraction of sp³-hybridized carbons (Fsp3) is 0.562. The maximum absolute atomic E-state index is 12.3. The first-order valence-electron chi connectivity index (χ1n) is 7.74. The minimum atomic E-state index is -0.247. The number of aryl methyl sites for hydroxylation is 2. The van der Waals surface area contributed by atoms with E-state index in [4.69, 9.17) is 0 Å². The molecule has 1 aliphatic heterocycles. The van der Waals surface area contributed by atoms with Crippen molar-refractivity contribution in [2.45, 2.75) is 44.4 Å². The van der Waals surface area contributed by atoms with Crippen LogP contribution >= 0.6 is 0 Å². The van der Waals surface area contributed by atoms with Crippen molar-refractivity contribution in [2.75, 3.05) is 6.54 Å². The zero-order chi connectivity index (χ0) is 14.8. The van der Waals surface area contributed by atoms with Crippen LogP contribution < -0.4 is 11.0 Å². The Morgan fingerprint density at radius 3 is 2.86 bits per heavy atom. The van der Waals surface area contributed by atoms with Gasteiger partial charge in [0.1, 0.15) is 0 Å². The van der Waals surface area contributed by atoms with Gasteiger partial charge in [-0.05, 0) is 44.4 Å². The van der Waals surface area contributed by atoms with E-state index in [9.17, 15) is 9.90 Å². The first-order chi connectivity index (χ1) is 10.2. The highest BCUT2D eigenvalue weighted by Gasteiger charge is 2.22. The van der Waals surface area contributed by atoms with Gasteiger partial charge in [0, 0.05) is 19.6 Å². The zero-order valence-electron chi connectivity index (χ0n) is 12.5. The minimum Gasteiger partial charge on any atom is -0.392 e. The topological polar surface area (TPSA) is 59.2 Å². The number of hydrogen-bond acceptors (Lipinski definition) is 3. The van der Waals surface area contributed by atoms with E-state index in [1.165, 1.54) is 0 Å². The van der Waals surface area contributed by atoms with Crippen molar-refractivity contribution >= 4 is 11.0 Å². The molecule has 5 nitrogen and oxygen atoms in total. The van der Waals surface area contributed by atoms with E-state index in [0.29, 0.717) is 6.54 Å². The fourth-order valence-corrected chi connectivity index (χ4v) is 3.28. The molecule has 2 N–H and O–H groups in total. The number of aliphatic hydroxyl groups is 1. The molecule has 0 spiro atoms. The van der Waals surface area contributed by atoms with E-state index in [1.54, 1.807) is 4.57 Å². The van der Waals surface area contributed by atoms with Crippen LogP contribution in [-0.2, 0) is 13.6 Å². The molecule has 0 bridgehead atoms. The van der Waals surface area contributed by atoms with E-state index in [2.05, 4.69) is 5.32 Å². The molecule has 2 aromatic rings. The number of fused-ring (bicyclic) bond motifs is 1. The second kappa shape index (κ2) is 6.03. The number of nitrogens with zero attached hydrogens (tertiary/aromatic N) is 2. The van der Waals surface area contributed by atoms with E-state index in [0.717, 1.165) is 43.3 Å². The lowest BCUT2D eigenvalue weighted by Gasteiger charge is -2.28. The highest BCUT2D eigenvalue weighted by atomic mass is 16.3. The maximum atomic E-state index is 12.3. The molecule has 2 heterocycles. The Hall–Kier alpha value is -1.59. The SMILES string of the molecule is Cn1c(=O)n(CCC[C@H]2NCCC[C@@H]2O)c2ccccc21. The average molecular weight is 289 g/mol. The number of para-hydroxylation sites is 2. The molecule has 0 radical (unpaired) electrons. The molecule has 0 amide bonds. The number of piperidine rings is 1. The molecule has 1 fully saturated rings. The molecule has 0 aliphatic carbocycles. The van der Waals surface area contributed by atoms with Crippen molar-refractivity contribution < 1.29 is 5.11 Å². The third kappa shape index (κ3) is 2.76. The summed E-state index contributed by atoms with van der Waals surface area (Å²) in [6.45, 7) is 1.68. The fourth-order valence-electron chi connectivity index (χ4n) is 3.28. The molecule has 0 unspecified atom stereocenters. The molecular formula is C16H23N3O2. The summed E-state index contributed by atoms with van der Waals surface area (Å²) in [7, 11) is 1.81. The molecular weight excluding hydrogens is 266 g/mol. The maximum Gasteiger partial charge on any atom is 0.328 e. The molecule has 5 heteroatoms. The number of imidazole rings is 1. The van der Waals surface area contributed by atoms with Gasteiger partial charge in [0.15, 0.2) is 0 Å². The lowest BCUT2D eigenvalue weighted by molar-refractivity contribution is 0.0909.